The lowest BCUT2D eigenvalue weighted by atomic mass is 9.86. The highest BCUT2D eigenvalue weighted by molar-refractivity contribution is 7.89. The largest absolute Gasteiger partial charge is 0.314 e. The van der Waals surface area contributed by atoms with E-state index in [0.29, 0.717) is 13.1 Å². The summed E-state index contributed by atoms with van der Waals surface area (Å²) >= 11 is 0. The van der Waals surface area contributed by atoms with Crippen LogP contribution in [0.1, 0.15) is 46.1 Å². The van der Waals surface area contributed by atoms with Crippen LogP contribution < -0.4 is 4.90 Å². The molecule has 0 radical (unpaired) electrons. The smallest absolute Gasteiger partial charge is 0.243 e. The van der Waals surface area contributed by atoms with Gasteiger partial charge < -0.3 is 4.90 Å². The lowest BCUT2D eigenvalue weighted by Gasteiger charge is -2.21. The highest BCUT2D eigenvalue weighted by Gasteiger charge is 2.43. The molecule has 0 bridgehead atoms. The van der Waals surface area contributed by atoms with Crippen LogP contribution >= 0.6 is 0 Å². The Labute approximate surface area is 139 Å². The number of sulfonamides is 1. The standard InChI is InChI=1S/C17H26N2O3S/c1-6-8-11-19(7-2)23(21,22)13-9-10-15-14(12-13)17(3,4)16(20)18(15)5/h9-10,12H,6-8,11H2,1-5H3. The number of carbonyl (C=O) groups is 1. The molecule has 0 unspecified atom stereocenters. The molecule has 0 N–H and O–H groups in total. The van der Waals surface area contributed by atoms with E-state index in [-0.39, 0.29) is 10.8 Å². The molecule has 128 valence electrons. The molecule has 0 fully saturated rings. The second-order valence-corrected chi connectivity index (χ2v) is 8.46. The number of rotatable bonds is 6. The van der Waals surface area contributed by atoms with Gasteiger partial charge in [-0.15, -0.1) is 0 Å². The van der Waals surface area contributed by atoms with Gasteiger partial charge >= 0.3 is 0 Å². The van der Waals surface area contributed by atoms with Crippen molar-refractivity contribution in [2.75, 3.05) is 25.0 Å². The van der Waals surface area contributed by atoms with Crippen LogP contribution in [0.3, 0.4) is 0 Å². The Hall–Kier alpha value is -1.40. The van der Waals surface area contributed by atoms with E-state index < -0.39 is 15.4 Å². The van der Waals surface area contributed by atoms with E-state index in [1.54, 1.807) is 30.1 Å². The lowest BCUT2D eigenvalue weighted by Crippen LogP contribution is -2.33. The Bertz CT molecular complexity index is 711. The normalized spacial score (nSPS) is 17.0. The van der Waals surface area contributed by atoms with Crippen molar-refractivity contribution in [2.24, 2.45) is 0 Å². The van der Waals surface area contributed by atoms with E-state index in [9.17, 15) is 13.2 Å². The van der Waals surface area contributed by atoms with E-state index in [0.717, 1.165) is 24.1 Å². The van der Waals surface area contributed by atoms with Crippen molar-refractivity contribution in [3.05, 3.63) is 23.8 Å². The Morgan fingerprint density at radius 1 is 1.22 bits per heavy atom. The van der Waals surface area contributed by atoms with Gasteiger partial charge in [0.25, 0.3) is 0 Å². The first-order valence-electron chi connectivity index (χ1n) is 8.10. The summed E-state index contributed by atoms with van der Waals surface area (Å²) in [4.78, 5) is 14.2. The number of hydrogen-bond donors (Lipinski definition) is 0. The summed E-state index contributed by atoms with van der Waals surface area (Å²) in [7, 11) is -1.80. The summed E-state index contributed by atoms with van der Waals surface area (Å²) in [5, 5.41) is 0. The topological polar surface area (TPSA) is 57.7 Å². The maximum Gasteiger partial charge on any atom is 0.243 e. The van der Waals surface area contributed by atoms with Crippen molar-refractivity contribution in [2.45, 2.75) is 50.8 Å². The predicted octanol–water partition coefficient (Wildman–Crippen LogP) is 2.75. The highest BCUT2D eigenvalue weighted by atomic mass is 32.2. The average Bonchev–Trinajstić information content (AvgIpc) is 2.69. The minimum absolute atomic E-state index is 0.0135. The summed E-state index contributed by atoms with van der Waals surface area (Å²) in [5.74, 6) is -0.0135. The molecule has 1 aliphatic rings. The monoisotopic (exact) mass is 338 g/mol. The predicted molar refractivity (Wildman–Crippen MR) is 92.2 cm³/mol. The number of amides is 1. The molecule has 5 nitrogen and oxygen atoms in total. The zero-order chi connectivity index (χ0) is 17.4. The van der Waals surface area contributed by atoms with Gasteiger partial charge in [0.05, 0.1) is 10.3 Å². The van der Waals surface area contributed by atoms with Crippen LogP contribution in [0.2, 0.25) is 0 Å². The number of unbranched alkanes of at least 4 members (excludes halogenated alkanes) is 1. The first-order valence-corrected chi connectivity index (χ1v) is 9.54. The fourth-order valence-electron chi connectivity index (χ4n) is 3.04. The molecule has 0 aromatic heterocycles. The molecule has 1 aromatic rings. The molecular formula is C17H26N2O3S. The van der Waals surface area contributed by atoms with Gasteiger partial charge in [-0.25, -0.2) is 8.42 Å². The van der Waals surface area contributed by atoms with Crippen molar-refractivity contribution in [1.29, 1.82) is 0 Å². The maximum absolute atomic E-state index is 12.9. The molecule has 1 aliphatic heterocycles. The summed E-state index contributed by atoms with van der Waals surface area (Å²) in [6.07, 6.45) is 1.78. The van der Waals surface area contributed by atoms with Crippen LogP contribution in [-0.4, -0.2) is 38.8 Å². The van der Waals surface area contributed by atoms with Gasteiger partial charge in [0, 0.05) is 25.8 Å². The molecule has 23 heavy (non-hydrogen) atoms. The molecule has 6 heteroatoms. The lowest BCUT2D eigenvalue weighted by molar-refractivity contribution is -0.121. The number of hydrogen-bond acceptors (Lipinski definition) is 3. The van der Waals surface area contributed by atoms with Crippen LogP contribution in [0.15, 0.2) is 23.1 Å². The van der Waals surface area contributed by atoms with Gasteiger partial charge in [-0.1, -0.05) is 20.3 Å². The molecule has 1 aromatic carbocycles. The van der Waals surface area contributed by atoms with Crippen LogP contribution in [0.4, 0.5) is 5.69 Å². The quantitative estimate of drug-likeness (QED) is 0.801. The average molecular weight is 338 g/mol. The zero-order valence-electron chi connectivity index (χ0n) is 14.6. The Kier molecular flexibility index (Phi) is 4.87. The minimum Gasteiger partial charge on any atom is -0.314 e. The summed E-state index contributed by atoms with van der Waals surface area (Å²) in [6.45, 7) is 8.53. The third-order valence-corrected chi connectivity index (χ3v) is 6.56. The number of nitrogens with zero attached hydrogens (tertiary/aromatic N) is 2. The highest BCUT2D eigenvalue weighted by Crippen LogP contribution is 2.41. The van der Waals surface area contributed by atoms with Crippen LogP contribution in [0.5, 0.6) is 0 Å². The van der Waals surface area contributed by atoms with Gasteiger partial charge in [0.1, 0.15) is 0 Å². The number of carbonyl (C=O) groups excluding carboxylic acids is 1. The number of fused-ring (bicyclic) bond motifs is 1. The maximum atomic E-state index is 12.9. The fraction of sp³-hybridized carbons (Fsp3) is 0.588. The van der Waals surface area contributed by atoms with E-state index in [1.807, 2.05) is 27.7 Å². The van der Waals surface area contributed by atoms with Gasteiger partial charge in [-0.2, -0.15) is 4.31 Å². The van der Waals surface area contributed by atoms with Gasteiger partial charge in [-0.3, -0.25) is 4.79 Å². The van der Waals surface area contributed by atoms with Crippen molar-refractivity contribution in [3.8, 4) is 0 Å². The third kappa shape index (κ3) is 2.90. The molecule has 1 amide bonds. The van der Waals surface area contributed by atoms with Crippen LogP contribution in [0, 0.1) is 0 Å². The third-order valence-electron chi connectivity index (χ3n) is 4.59. The van der Waals surface area contributed by atoms with Crippen LogP contribution in [0.25, 0.3) is 0 Å². The molecule has 2 rings (SSSR count). The van der Waals surface area contributed by atoms with Gasteiger partial charge in [0.2, 0.25) is 15.9 Å². The van der Waals surface area contributed by atoms with E-state index >= 15 is 0 Å². The molecular weight excluding hydrogens is 312 g/mol. The molecule has 0 saturated carbocycles. The van der Waals surface area contributed by atoms with Crippen LogP contribution in [-0.2, 0) is 20.2 Å². The molecule has 0 saturated heterocycles. The van der Waals surface area contributed by atoms with Crippen molar-refractivity contribution in [1.82, 2.24) is 4.31 Å². The fourth-order valence-corrected chi connectivity index (χ4v) is 4.56. The van der Waals surface area contributed by atoms with E-state index in [4.69, 9.17) is 0 Å². The SMILES string of the molecule is CCCCN(CC)S(=O)(=O)c1ccc2c(c1)C(C)(C)C(=O)N2C. The second kappa shape index (κ2) is 6.24. The summed E-state index contributed by atoms with van der Waals surface area (Å²) in [5.41, 5.74) is 0.865. The molecule has 0 spiro atoms. The second-order valence-electron chi connectivity index (χ2n) is 6.52. The zero-order valence-corrected chi connectivity index (χ0v) is 15.4. The molecule has 1 heterocycles. The van der Waals surface area contributed by atoms with Crippen molar-refractivity contribution >= 4 is 21.6 Å². The van der Waals surface area contributed by atoms with Gasteiger partial charge in [0.15, 0.2) is 0 Å². The minimum atomic E-state index is -3.53. The Balaban J connectivity index is 2.47. The first-order chi connectivity index (χ1) is 10.7. The summed E-state index contributed by atoms with van der Waals surface area (Å²) in [6, 6.07) is 5.01. The first kappa shape index (κ1) is 17.9. The van der Waals surface area contributed by atoms with E-state index in [2.05, 4.69) is 0 Å². The number of likely N-dealkylation sites (N-methyl/N-ethyl adjacent to an activating group) is 1. The number of benzene rings is 1. The van der Waals surface area contributed by atoms with Crippen molar-refractivity contribution in [3.63, 3.8) is 0 Å². The van der Waals surface area contributed by atoms with Gasteiger partial charge in [-0.05, 0) is 44.0 Å². The Morgan fingerprint density at radius 3 is 2.43 bits per heavy atom. The number of anilines is 1. The van der Waals surface area contributed by atoms with Crippen molar-refractivity contribution < 1.29 is 13.2 Å². The summed E-state index contributed by atoms with van der Waals surface area (Å²) < 4.78 is 27.2. The molecule has 0 atom stereocenters. The Morgan fingerprint density at radius 2 is 1.87 bits per heavy atom. The van der Waals surface area contributed by atoms with E-state index in [1.165, 1.54) is 4.31 Å². The molecule has 0 aliphatic carbocycles.